The molecule has 0 saturated heterocycles. The van der Waals surface area contributed by atoms with Crippen molar-refractivity contribution in [2.45, 2.75) is 11.9 Å². The number of amides is 1. The molecule has 1 N–H and O–H groups in total. The molecule has 0 aliphatic carbocycles. The fraction of sp³-hybridized carbons (Fsp3) is 0.100. The Bertz CT molecular complexity index is 1160. The first-order chi connectivity index (χ1) is 14.0. The summed E-state index contributed by atoms with van der Waals surface area (Å²) in [5.41, 5.74) is 2.70. The highest BCUT2D eigenvalue weighted by Crippen LogP contribution is 2.29. The molecule has 3 heterocycles. The third-order valence-electron chi connectivity index (χ3n) is 4.08. The van der Waals surface area contributed by atoms with Gasteiger partial charge in [0.1, 0.15) is 5.03 Å². The predicted octanol–water partition coefficient (Wildman–Crippen LogP) is 5.80. The van der Waals surface area contributed by atoms with Crippen LogP contribution >= 0.6 is 34.7 Å². The van der Waals surface area contributed by atoms with Crippen molar-refractivity contribution in [1.82, 2.24) is 15.0 Å². The quantitative estimate of drug-likeness (QED) is 0.311. The molecule has 0 fully saturated rings. The van der Waals surface area contributed by atoms with E-state index >= 15 is 0 Å². The summed E-state index contributed by atoms with van der Waals surface area (Å²) in [7, 11) is 0. The Morgan fingerprint density at radius 1 is 1.17 bits per heavy atom. The molecule has 0 spiro atoms. The number of nitrogens with zero attached hydrogens (tertiary/aromatic N) is 3. The van der Waals surface area contributed by atoms with E-state index in [1.165, 1.54) is 23.1 Å². The van der Waals surface area contributed by atoms with Crippen LogP contribution in [0.25, 0.3) is 22.8 Å². The number of furan rings is 1. The van der Waals surface area contributed by atoms with Gasteiger partial charge in [-0.3, -0.25) is 10.1 Å². The number of halogens is 1. The molecule has 0 aliphatic heterocycles. The number of hydrogen-bond acceptors (Lipinski definition) is 7. The molecule has 6 nitrogen and oxygen atoms in total. The van der Waals surface area contributed by atoms with Crippen LogP contribution in [0.3, 0.4) is 0 Å². The Morgan fingerprint density at radius 2 is 1.97 bits per heavy atom. The number of aromatic nitrogens is 3. The second-order valence-corrected chi connectivity index (χ2v) is 8.08. The highest BCUT2D eigenvalue weighted by molar-refractivity contribution is 7.98. The zero-order valence-electron chi connectivity index (χ0n) is 15.5. The summed E-state index contributed by atoms with van der Waals surface area (Å²) in [5.74, 6) is 0.713. The number of thiazole rings is 1. The van der Waals surface area contributed by atoms with Gasteiger partial charge in [-0.1, -0.05) is 23.7 Å². The van der Waals surface area contributed by atoms with Gasteiger partial charge in [0.15, 0.2) is 16.7 Å². The number of carbonyl (C=O) groups excluding carboxylic acids is 1. The van der Waals surface area contributed by atoms with Crippen LogP contribution in [0.5, 0.6) is 0 Å². The van der Waals surface area contributed by atoms with E-state index in [2.05, 4.69) is 20.3 Å². The number of nitrogens with one attached hydrogen (secondary N) is 1. The first-order valence-electron chi connectivity index (χ1n) is 8.54. The molecule has 146 valence electrons. The first-order valence-corrected chi connectivity index (χ1v) is 11.0. The number of thioether (sulfide) groups is 1. The molecule has 1 aromatic carbocycles. The van der Waals surface area contributed by atoms with E-state index in [0.717, 1.165) is 11.3 Å². The van der Waals surface area contributed by atoms with Gasteiger partial charge in [-0.25, -0.2) is 15.0 Å². The Hall–Kier alpha value is -2.68. The van der Waals surface area contributed by atoms with Crippen LogP contribution in [0.2, 0.25) is 5.02 Å². The van der Waals surface area contributed by atoms with Crippen molar-refractivity contribution in [3.8, 4) is 22.8 Å². The summed E-state index contributed by atoms with van der Waals surface area (Å²) in [6.45, 7) is 1.78. The van der Waals surface area contributed by atoms with Crippen molar-refractivity contribution in [2.75, 3.05) is 11.6 Å². The minimum Gasteiger partial charge on any atom is -0.461 e. The van der Waals surface area contributed by atoms with E-state index in [0.29, 0.717) is 38.0 Å². The highest BCUT2D eigenvalue weighted by Gasteiger charge is 2.21. The molecule has 3 aromatic heterocycles. The zero-order chi connectivity index (χ0) is 20.4. The summed E-state index contributed by atoms with van der Waals surface area (Å²) < 4.78 is 5.37. The lowest BCUT2D eigenvalue weighted by molar-refractivity contribution is 0.102. The molecular weight excluding hydrogens is 428 g/mol. The summed E-state index contributed by atoms with van der Waals surface area (Å²) >= 11 is 8.67. The predicted molar refractivity (Wildman–Crippen MR) is 117 cm³/mol. The molecule has 0 saturated carbocycles. The van der Waals surface area contributed by atoms with Crippen LogP contribution in [0.15, 0.2) is 57.5 Å². The van der Waals surface area contributed by atoms with Crippen LogP contribution in [0.4, 0.5) is 5.13 Å². The number of rotatable bonds is 5. The van der Waals surface area contributed by atoms with E-state index in [9.17, 15) is 4.79 Å². The van der Waals surface area contributed by atoms with E-state index < -0.39 is 0 Å². The lowest BCUT2D eigenvalue weighted by atomic mass is 10.2. The SMILES string of the molecule is CSc1nc(-c2ccco2)nc(C)c1C(=O)Nc1nc(-c2ccc(Cl)cc2)cs1. The van der Waals surface area contributed by atoms with Gasteiger partial charge >= 0.3 is 0 Å². The highest BCUT2D eigenvalue weighted by atomic mass is 35.5. The summed E-state index contributed by atoms with van der Waals surface area (Å²) in [6.07, 6.45) is 3.43. The number of anilines is 1. The summed E-state index contributed by atoms with van der Waals surface area (Å²) in [4.78, 5) is 26.3. The van der Waals surface area contributed by atoms with Gasteiger partial charge in [0.2, 0.25) is 0 Å². The van der Waals surface area contributed by atoms with Crippen LogP contribution in [-0.2, 0) is 0 Å². The fourth-order valence-corrected chi connectivity index (χ4v) is 4.18. The maximum atomic E-state index is 12.9. The normalized spacial score (nSPS) is 10.9. The summed E-state index contributed by atoms with van der Waals surface area (Å²) in [5, 5.41) is 6.49. The fourth-order valence-electron chi connectivity index (χ4n) is 2.72. The third kappa shape index (κ3) is 4.19. The van der Waals surface area contributed by atoms with Crippen LogP contribution in [-0.4, -0.2) is 27.1 Å². The maximum Gasteiger partial charge on any atom is 0.262 e. The van der Waals surface area contributed by atoms with Crippen molar-refractivity contribution in [3.63, 3.8) is 0 Å². The van der Waals surface area contributed by atoms with Crippen LogP contribution in [0.1, 0.15) is 16.1 Å². The molecule has 0 radical (unpaired) electrons. The number of hydrogen-bond donors (Lipinski definition) is 1. The van der Waals surface area contributed by atoms with Crippen molar-refractivity contribution in [2.24, 2.45) is 0 Å². The van der Waals surface area contributed by atoms with E-state index in [1.807, 2.05) is 23.8 Å². The molecule has 4 aromatic rings. The van der Waals surface area contributed by atoms with Crippen molar-refractivity contribution < 1.29 is 9.21 Å². The van der Waals surface area contributed by atoms with E-state index in [-0.39, 0.29) is 5.91 Å². The number of benzene rings is 1. The van der Waals surface area contributed by atoms with Crippen LogP contribution in [0, 0.1) is 6.92 Å². The van der Waals surface area contributed by atoms with Gasteiger partial charge in [0.05, 0.1) is 23.2 Å². The summed E-state index contributed by atoms with van der Waals surface area (Å²) in [6, 6.07) is 10.9. The largest absolute Gasteiger partial charge is 0.461 e. The van der Waals surface area contributed by atoms with Gasteiger partial charge in [0, 0.05) is 16.0 Å². The van der Waals surface area contributed by atoms with E-state index in [4.69, 9.17) is 16.0 Å². The minimum atomic E-state index is -0.296. The van der Waals surface area contributed by atoms with Gasteiger partial charge in [0.25, 0.3) is 5.91 Å². The first kappa shape index (κ1) is 19.6. The molecule has 9 heteroatoms. The van der Waals surface area contributed by atoms with Gasteiger partial charge < -0.3 is 4.42 Å². The average Bonchev–Trinajstić information content (AvgIpc) is 3.40. The molecule has 0 atom stereocenters. The molecule has 0 unspecified atom stereocenters. The molecule has 4 rings (SSSR count). The topological polar surface area (TPSA) is 80.9 Å². The van der Waals surface area contributed by atoms with Crippen molar-refractivity contribution in [1.29, 1.82) is 0 Å². The van der Waals surface area contributed by atoms with Gasteiger partial charge in [-0.2, -0.15) is 0 Å². The minimum absolute atomic E-state index is 0.296. The number of aryl methyl sites for hydroxylation is 1. The van der Waals surface area contributed by atoms with Gasteiger partial charge in [-0.15, -0.1) is 23.1 Å². The number of carbonyl (C=O) groups is 1. The smallest absolute Gasteiger partial charge is 0.262 e. The molecule has 29 heavy (non-hydrogen) atoms. The van der Waals surface area contributed by atoms with Crippen LogP contribution < -0.4 is 5.32 Å². The van der Waals surface area contributed by atoms with E-state index in [1.54, 1.807) is 37.5 Å². The molecule has 0 aliphatic rings. The Morgan fingerprint density at radius 3 is 2.66 bits per heavy atom. The Labute approximate surface area is 180 Å². The Balaban J connectivity index is 1.59. The second-order valence-electron chi connectivity index (χ2n) is 5.99. The Kier molecular flexibility index (Phi) is 5.66. The molecule has 0 bridgehead atoms. The second kappa shape index (κ2) is 8.36. The maximum absolute atomic E-state index is 12.9. The zero-order valence-corrected chi connectivity index (χ0v) is 17.9. The standard InChI is InChI=1S/C20H15ClN4O2S2/c1-11-16(19(28-2)24-17(22-11)15-4-3-9-27-15)18(26)25-20-23-14(10-29-20)12-5-7-13(21)8-6-12/h3-10H,1-2H3,(H,23,25,26). The lowest BCUT2D eigenvalue weighted by Crippen LogP contribution is -2.16. The monoisotopic (exact) mass is 442 g/mol. The van der Waals surface area contributed by atoms with Gasteiger partial charge in [-0.05, 0) is 37.4 Å². The average molecular weight is 443 g/mol. The molecule has 1 amide bonds. The third-order valence-corrected chi connectivity index (χ3v) is 5.78. The lowest BCUT2D eigenvalue weighted by Gasteiger charge is -2.10. The molecular formula is C20H15ClN4O2S2. The van der Waals surface area contributed by atoms with Crippen molar-refractivity contribution in [3.05, 3.63) is 64.3 Å². The van der Waals surface area contributed by atoms with Crippen molar-refractivity contribution >= 4 is 45.7 Å².